The third-order valence-corrected chi connectivity index (χ3v) is 5.03. The fourth-order valence-electron chi connectivity index (χ4n) is 1.92. The minimum Gasteiger partial charge on any atom is -0.377 e. The Morgan fingerprint density at radius 2 is 1.78 bits per heavy atom. The van der Waals surface area contributed by atoms with Gasteiger partial charge >= 0.3 is 0 Å². The number of hydrogen-bond acceptors (Lipinski definition) is 3. The van der Waals surface area contributed by atoms with Gasteiger partial charge in [0.1, 0.15) is 10.7 Å². The van der Waals surface area contributed by atoms with Crippen LogP contribution in [0, 0.1) is 5.82 Å². The zero-order valence-corrected chi connectivity index (χ0v) is 14.1. The molecule has 23 heavy (non-hydrogen) atoms. The number of sulfonamides is 1. The van der Waals surface area contributed by atoms with Gasteiger partial charge in [-0.2, -0.15) is 0 Å². The Hall–Kier alpha value is -1.47. The number of rotatable bonds is 7. The Bertz CT molecular complexity index is 763. The molecule has 0 aliphatic rings. The van der Waals surface area contributed by atoms with Gasteiger partial charge < -0.3 is 4.74 Å². The lowest BCUT2D eigenvalue weighted by atomic mass is 10.1. The van der Waals surface area contributed by atoms with Crippen molar-refractivity contribution in [1.29, 1.82) is 0 Å². The molecule has 0 saturated carbocycles. The van der Waals surface area contributed by atoms with E-state index in [1.165, 1.54) is 0 Å². The second kappa shape index (κ2) is 7.88. The molecule has 2 rings (SSSR count). The zero-order chi connectivity index (χ0) is 16.9. The summed E-state index contributed by atoms with van der Waals surface area (Å²) in [7, 11) is -3.80. The maximum Gasteiger partial charge on any atom is 0.242 e. The van der Waals surface area contributed by atoms with Gasteiger partial charge in [0.25, 0.3) is 0 Å². The molecule has 2 aromatic rings. The topological polar surface area (TPSA) is 55.4 Å². The van der Waals surface area contributed by atoms with E-state index in [0.29, 0.717) is 13.2 Å². The summed E-state index contributed by atoms with van der Waals surface area (Å²) in [6.45, 7) is 3.20. The van der Waals surface area contributed by atoms with Gasteiger partial charge in [-0.3, -0.25) is 0 Å². The van der Waals surface area contributed by atoms with Crippen LogP contribution in [0.1, 0.15) is 18.1 Å². The van der Waals surface area contributed by atoms with E-state index in [1.807, 2.05) is 31.2 Å². The third kappa shape index (κ3) is 5.00. The number of benzene rings is 2. The van der Waals surface area contributed by atoms with E-state index >= 15 is 0 Å². The van der Waals surface area contributed by atoms with E-state index in [4.69, 9.17) is 16.3 Å². The van der Waals surface area contributed by atoms with Gasteiger partial charge in [0.15, 0.2) is 0 Å². The van der Waals surface area contributed by atoms with E-state index in [1.54, 1.807) is 0 Å². The van der Waals surface area contributed by atoms with Crippen molar-refractivity contribution in [2.75, 3.05) is 6.61 Å². The van der Waals surface area contributed by atoms with Crippen LogP contribution in [0.15, 0.2) is 47.4 Å². The van der Waals surface area contributed by atoms with E-state index in [0.717, 1.165) is 29.3 Å². The lowest BCUT2D eigenvalue weighted by Gasteiger charge is -2.09. The zero-order valence-electron chi connectivity index (χ0n) is 12.6. The molecule has 0 amide bonds. The Morgan fingerprint density at radius 1 is 1.13 bits per heavy atom. The first-order valence-corrected chi connectivity index (χ1v) is 8.89. The van der Waals surface area contributed by atoms with Crippen LogP contribution in [0.25, 0.3) is 0 Å². The van der Waals surface area contributed by atoms with Crippen molar-refractivity contribution in [3.63, 3.8) is 0 Å². The van der Waals surface area contributed by atoms with Crippen molar-refractivity contribution in [2.24, 2.45) is 0 Å². The maximum absolute atomic E-state index is 13.0. The van der Waals surface area contributed by atoms with E-state index in [9.17, 15) is 12.8 Å². The molecule has 0 bridgehead atoms. The summed E-state index contributed by atoms with van der Waals surface area (Å²) in [4.78, 5) is -0.145. The highest BCUT2D eigenvalue weighted by atomic mass is 35.5. The van der Waals surface area contributed by atoms with Crippen molar-refractivity contribution >= 4 is 21.6 Å². The van der Waals surface area contributed by atoms with Crippen LogP contribution >= 0.6 is 11.6 Å². The predicted octanol–water partition coefficient (Wildman–Crippen LogP) is 3.49. The van der Waals surface area contributed by atoms with Crippen LogP contribution in [0.2, 0.25) is 5.02 Å². The van der Waals surface area contributed by atoms with Crippen LogP contribution < -0.4 is 4.72 Å². The molecule has 0 saturated heterocycles. The summed E-state index contributed by atoms with van der Waals surface area (Å²) in [5, 5.41) is -0.149. The number of hydrogen-bond donors (Lipinski definition) is 1. The first kappa shape index (κ1) is 17.9. The van der Waals surface area contributed by atoms with Crippen LogP contribution in [-0.2, 0) is 27.9 Å². The highest BCUT2D eigenvalue weighted by Gasteiger charge is 2.18. The molecule has 0 fully saturated rings. The SMILES string of the molecule is CCOCc1ccc(CNS(=O)(=O)c2ccc(F)cc2Cl)cc1. The van der Waals surface area contributed by atoms with Crippen molar-refractivity contribution < 1.29 is 17.5 Å². The van der Waals surface area contributed by atoms with Gasteiger partial charge in [0.05, 0.1) is 11.6 Å². The van der Waals surface area contributed by atoms with Crippen molar-refractivity contribution in [2.45, 2.75) is 25.0 Å². The van der Waals surface area contributed by atoms with Gasteiger partial charge in [-0.1, -0.05) is 35.9 Å². The first-order chi connectivity index (χ1) is 10.9. The molecule has 1 N–H and O–H groups in total. The Morgan fingerprint density at radius 3 is 2.39 bits per heavy atom. The molecule has 0 aliphatic carbocycles. The van der Waals surface area contributed by atoms with Gasteiger partial charge in [-0.25, -0.2) is 17.5 Å². The summed E-state index contributed by atoms with van der Waals surface area (Å²) in [6, 6.07) is 10.6. The summed E-state index contributed by atoms with van der Waals surface area (Å²) < 4.78 is 45.2. The number of ether oxygens (including phenoxy) is 1. The lowest BCUT2D eigenvalue weighted by molar-refractivity contribution is 0.134. The van der Waals surface area contributed by atoms with E-state index in [-0.39, 0.29) is 16.5 Å². The Kier molecular flexibility index (Phi) is 6.12. The van der Waals surface area contributed by atoms with Gasteiger partial charge in [0.2, 0.25) is 10.0 Å². The van der Waals surface area contributed by atoms with Crippen LogP contribution in [0.5, 0.6) is 0 Å². The molecule has 124 valence electrons. The standard InChI is InChI=1S/C16H17ClFNO3S/c1-2-22-11-13-5-3-12(4-6-13)10-19-23(20,21)16-8-7-14(18)9-15(16)17/h3-9,19H,2,10-11H2,1H3. The molecule has 0 aromatic heterocycles. The minimum atomic E-state index is -3.80. The molecular weight excluding hydrogens is 341 g/mol. The fraction of sp³-hybridized carbons (Fsp3) is 0.250. The number of halogens is 2. The van der Waals surface area contributed by atoms with Crippen molar-refractivity contribution in [3.05, 3.63) is 64.4 Å². The summed E-state index contributed by atoms with van der Waals surface area (Å²) in [5.74, 6) is -0.584. The Balaban J connectivity index is 2.04. The molecule has 0 atom stereocenters. The molecule has 0 aliphatic heterocycles. The Labute approximate surface area is 140 Å². The molecule has 0 spiro atoms. The summed E-state index contributed by atoms with van der Waals surface area (Å²) >= 11 is 5.79. The van der Waals surface area contributed by atoms with Crippen LogP contribution in [0.3, 0.4) is 0 Å². The van der Waals surface area contributed by atoms with E-state index in [2.05, 4.69) is 4.72 Å². The molecule has 0 radical (unpaired) electrons. The monoisotopic (exact) mass is 357 g/mol. The predicted molar refractivity (Wildman–Crippen MR) is 87.2 cm³/mol. The molecule has 4 nitrogen and oxygen atoms in total. The molecule has 7 heteroatoms. The van der Waals surface area contributed by atoms with Gasteiger partial charge in [0, 0.05) is 13.2 Å². The lowest BCUT2D eigenvalue weighted by Crippen LogP contribution is -2.23. The molecule has 2 aromatic carbocycles. The van der Waals surface area contributed by atoms with E-state index < -0.39 is 15.8 Å². The largest absolute Gasteiger partial charge is 0.377 e. The maximum atomic E-state index is 13.0. The third-order valence-electron chi connectivity index (χ3n) is 3.15. The normalized spacial score (nSPS) is 11.6. The average molecular weight is 358 g/mol. The second-order valence-electron chi connectivity index (χ2n) is 4.85. The van der Waals surface area contributed by atoms with Gasteiger partial charge in [-0.15, -0.1) is 0 Å². The fourth-order valence-corrected chi connectivity index (χ4v) is 3.47. The smallest absolute Gasteiger partial charge is 0.242 e. The van der Waals surface area contributed by atoms with Gasteiger partial charge in [-0.05, 0) is 36.2 Å². The highest BCUT2D eigenvalue weighted by molar-refractivity contribution is 7.89. The molecule has 0 unspecified atom stereocenters. The van der Waals surface area contributed by atoms with Crippen molar-refractivity contribution in [3.8, 4) is 0 Å². The first-order valence-electron chi connectivity index (χ1n) is 7.02. The molecular formula is C16H17ClFNO3S. The molecule has 0 heterocycles. The van der Waals surface area contributed by atoms with Crippen LogP contribution in [0.4, 0.5) is 4.39 Å². The van der Waals surface area contributed by atoms with Crippen molar-refractivity contribution in [1.82, 2.24) is 4.72 Å². The van der Waals surface area contributed by atoms with Crippen LogP contribution in [-0.4, -0.2) is 15.0 Å². The summed E-state index contributed by atoms with van der Waals surface area (Å²) in [6.07, 6.45) is 0. The number of nitrogens with one attached hydrogen (secondary N) is 1. The second-order valence-corrected chi connectivity index (χ2v) is 7.00. The minimum absolute atomic E-state index is 0.116. The quantitative estimate of drug-likeness (QED) is 0.825. The summed E-state index contributed by atoms with van der Waals surface area (Å²) in [5.41, 5.74) is 1.81. The average Bonchev–Trinajstić information content (AvgIpc) is 2.51. The highest BCUT2D eigenvalue weighted by Crippen LogP contribution is 2.22.